The number of pyridine rings is 1. The van der Waals surface area contributed by atoms with Gasteiger partial charge in [-0.05, 0) is 65.0 Å². The minimum Gasteiger partial charge on any atom is -0.357 e. The van der Waals surface area contributed by atoms with Crippen LogP contribution in [0.2, 0.25) is 0 Å². The molecule has 2 N–H and O–H groups in total. The number of halogens is 3. The number of anilines is 1. The highest BCUT2D eigenvalue weighted by atomic mass is 127. The van der Waals surface area contributed by atoms with Gasteiger partial charge in [0.05, 0.1) is 12.6 Å². The van der Waals surface area contributed by atoms with Crippen molar-refractivity contribution in [1.82, 2.24) is 20.5 Å². The lowest BCUT2D eigenvalue weighted by Gasteiger charge is -2.34. The van der Waals surface area contributed by atoms with Crippen LogP contribution >= 0.6 is 24.0 Å². The number of nitrogens with zero attached hydrogens (tertiary/aromatic N) is 4. The molecule has 2 heterocycles. The maximum absolute atomic E-state index is 14.4. The molecule has 0 radical (unpaired) electrons. The molecule has 0 spiro atoms. The summed E-state index contributed by atoms with van der Waals surface area (Å²) in [6.45, 7) is 6.78. The van der Waals surface area contributed by atoms with Gasteiger partial charge in [0.1, 0.15) is 17.5 Å². The number of rotatable bonds is 7. The van der Waals surface area contributed by atoms with Gasteiger partial charge in [0.2, 0.25) is 0 Å². The Hall–Kier alpha value is -2.01. The number of aliphatic imine (C=N–C) groups is 1. The average Bonchev–Trinajstić information content (AvgIpc) is 2.76. The largest absolute Gasteiger partial charge is 0.357 e. The van der Waals surface area contributed by atoms with Gasteiger partial charge in [-0.25, -0.2) is 13.8 Å². The van der Waals surface area contributed by atoms with Gasteiger partial charge in [-0.15, -0.1) is 24.0 Å². The summed E-state index contributed by atoms with van der Waals surface area (Å²) in [6.07, 6.45) is 1.91. The first-order valence-electron chi connectivity index (χ1n) is 11.2. The zero-order chi connectivity index (χ0) is 23.1. The molecular formula is C24H35F2IN6. The molecule has 1 aliphatic rings. The first-order valence-corrected chi connectivity index (χ1v) is 11.2. The van der Waals surface area contributed by atoms with Crippen molar-refractivity contribution in [3.63, 3.8) is 0 Å². The Labute approximate surface area is 212 Å². The molecule has 33 heavy (non-hydrogen) atoms. The van der Waals surface area contributed by atoms with Crippen molar-refractivity contribution < 1.29 is 8.78 Å². The minimum atomic E-state index is -0.547. The predicted octanol–water partition coefficient (Wildman–Crippen LogP) is 4.11. The van der Waals surface area contributed by atoms with Crippen LogP contribution in [0.5, 0.6) is 0 Å². The predicted molar refractivity (Wildman–Crippen MR) is 142 cm³/mol. The second-order valence-electron chi connectivity index (χ2n) is 8.38. The Morgan fingerprint density at radius 2 is 1.79 bits per heavy atom. The molecule has 0 saturated carbocycles. The van der Waals surface area contributed by atoms with E-state index in [-0.39, 0.29) is 42.1 Å². The minimum absolute atomic E-state index is 0. The average molecular weight is 572 g/mol. The number of hydrogen-bond donors (Lipinski definition) is 2. The van der Waals surface area contributed by atoms with Gasteiger partial charge in [-0.2, -0.15) is 0 Å². The smallest absolute Gasteiger partial charge is 0.191 e. The summed E-state index contributed by atoms with van der Waals surface area (Å²) < 4.78 is 28.7. The van der Waals surface area contributed by atoms with Crippen LogP contribution in [-0.4, -0.2) is 62.2 Å². The van der Waals surface area contributed by atoms with Crippen LogP contribution < -0.4 is 15.5 Å². The van der Waals surface area contributed by atoms with Crippen LogP contribution in [0.25, 0.3) is 0 Å². The fraction of sp³-hybridized carbons (Fsp3) is 0.500. The topological polar surface area (TPSA) is 55.8 Å². The Balaban J connectivity index is 0.00000385. The first-order chi connectivity index (χ1) is 15.4. The van der Waals surface area contributed by atoms with Crippen molar-refractivity contribution in [2.75, 3.05) is 45.2 Å². The molecule has 1 aromatic carbocycles. The molecule has 9 heteroatoms. The standard InChI is InChI=1S/C24H34F2N6.HI/c1-5-27-24(28-16-21(31(3)4)23-19(25)9-7-10-20(23)26)30-18-12-14-32(15-13-18)22-11-6-8-17(2)29-22;/h6-11,18,21H,5,12-16H2,1-4H3,(H2,27,28,30);1H. The number of guanidine groups is 1. The molecule has 1 unspecified atom stereocenters. The number of aryl methyl sites for hydroxylation is 1. The molecule has 182 valence electrons. The molecule has 1 aliphatic heterocycles. The molecule has 0 amide bonds. The van der Waals surface area contributed by atoms with Gasteiger partial charge in [-0.3, -0.25) is 4.99 Å². The quantitative estimate of drug-likeness (QED) is 0.297. The number of aromatic nitrogens is 1. The van der Waals surface area contributed by atoms with Gasteiger partial charge in [0.25, 0.3) is 0 Å². The van der Waals surface area contributed by atoms with Crippen molar-refractivity contribution in [2.45, 2.75) is 38.8 Å². The Kier molecular flexibility index (Phi) is 10.7. The normalized spacial score (nSPS) is 15.8. The number of hydrogen-bond acceptors (Lipinski definition) is 4. The van der Waals surface area contributed by atoms with E-state index in [1.807, 2.05) is 40.1 Å². The molecule has 0 bridgehead atoms. The fourth-order valence-corrected chi connectivity index (χ4v) is 3.99. The molecule has 1 atom stereocenters. The molecule has 0 aliphatic carbocycles. The highest BCUT2D eigenvalue weighted by molar-refractivity contribution is 14.0. The van der Waals surface area contributed by atoms with Crippen LogP contribution in [0.3, 0.4) is 0 Å². The van der Waals surface area contributed by atoms with E-state index in [4.69, 9.17) is 0 Å². The van der Waals surface area contributed by atoms with Crippen molar-refractivity contribution in [2.24, 2.45) is 4.99 Å². The molecular weight excluding hydrogens is 537 g/mol. The van der Waals surface area contributed by atoms with E-state index in [2.05, 4.69) is 31.6 Å². The van der Waals surface area contributed by atoms with Crippen molar-refractivity contribution in [3.05, 3.63) is 59.3 Å². The first kappa shape index (κ1) is 27.2. The summed E-state index contributed by atoms with van der Waals surface area (Å²) >= 11 is 0. The molecule has 1 aromatic heterocycles. The zero-order valence-corrected chi connectivity index (χ0v) is 22.1. The van der Waals surface area contributed by atoms with Crippen molar-refractivity contribution in [1.29, 1.82) is 0 Å². The molecule has 3 rings (SSSR count). The van der Waals surface area contributed by atoms with Gasteiger partial charge in [0.15, 0.2) is 5.96 Å². The Bertz CT molecular complexity index is 895. The van der Waals surface area contributed by atoms with E-state index in [0.717, 1.165) is 37.4 Å². The van der Waals surface area contributed by atoms with Crippen LogP contribution in [0, 0.1) is 18.6 Å². The summed E-state index contributed by atoms with van der Waals surface area (Å²) in [5, 5.41) is 6.76. The van der Waals surface area contributed by atoms with E-state index >= 15 is 0 Å². The maximum Gasteiger partial charge on any atom is 0.191 e. The second-order valence-corrected chi connectivity index (χ2v) is 8.38. The van der Waals surface area contributed by atoms with Crippen LogP contribution in [0.4, 0.5) is 14.6 Å². The Morgan fingerprint density at radius 1 is 1.15 bits per heavy atom. The van der Waals surface area contributed by atoms with Crippen LogP contribution in [0.1, 0.15) is 37.1 Å². The summed E-state index contributed by atoms with van der Waals surface area (Å²) in [7, 11) is 3.61. The highest BCUT2D eigenvalue weighted by Gasteiger charge is 2.24. The van der Waals surface area contributed by atoms with Crippen molar-refractivity contribution in [3.8, 4) is 0 Å². The second kappa shape index (κ2) is 13.0. The fourth-order valence-electron chi connectivity index (χ4n) is 3.99. The summed E-state index contributed by atoms with van der Waals surface area (Å²) in [5.41, 5.74) is 1.07. The SMILES string of the molecule is CCNC(=NCC(c1c(F)cccc1F)N(C)C)NC1CCN(c2cccc(C)n2)CC1.I. The highest BCUT2D eigenvalue weighted by Crippen LogP contribution is 2.25. The summed E-state index contributed by atoms with van der Waals surface area (Å²) in [4.78, 5) is 13.4. The number of likely N-dealkylation sites (N-methyl/N-ethyl adjacent to an activating group) is 1. The third-order valence-electron chi connectivity index (χ3n) is 5.76. The molecule has 6 nitrogen and oxygen atoms in total. The van der Waals surface area contributed by atoms with Crippen LogP contribution in [0.15, 0.2) is 41.4 Å². The maximum atomic E-state index is 14.4. The summed E-state index contributed by atoms with van der Waals surface area (Å²) in [6, 6.07) is 9.84. The van der Waals surface area contributed by atoms with Gasteiger partial charge < -0.3 is 20.4 Å². The third-order valence-corrected chi connectivity index (χ3v) is 5.76. The lowest BCUT2D eigenvalue weighted by atomic mass is 10.0. The van der Waals surface area contributed by atoms with E-state index in [1.165, 1.54) is 18.2 Å². The third kappa shape index (κ3) is 7.49. The number of piperidine rings is 1. The van der Waals surface area contributed by atoms with Crippen molar-refractivity contribution >= 4 is 35.8 Å². The number of nitrogens with one attached hydrogen (secondary N) is 2. The lowest BCUT2D eigenvalue weighted by Crippen LogP contribution is -2.49. The van der Waals surface area contributed by atoms with E-state index in [0.29, 0.717) is 12.5 Å². The lowest BCUT2D eigenvalue weighted by molar-refractivity contribution is 0.290. The molecule has 1 fully saturated rings. The van der Waals surface area contributed by atoms with Gasteiger partial charge in [0, 0.05) is 36.9 Å². The molecule has 1 saturated heterocycles. The monoisotopic (exact) mass is 572 g/mol. The van der Waals surface area contributed by atoms with E-state index in [9.17, 15) is 8.78 Å². The molecule has 2 aromatic rings. The van der Waals surface area contributed by atoms with E-state index < -0.39 is 17.7 Å². The number of benzene rings is 1. The van der Waals surface area contributed by atoms with Gasteiger partial charge in [-0.1, -0.05) is 12.1 Å². The van der Waals surface area contributed by atoms with Gasteiger partial charge >= 0.3 is 0 Å². The Morgan fingerprint density at radius 3 is 2.36 bits per heavy atom. The van der Waals surface area contributed by atoms with E-state index in [1.54, 1.807) is 4.90 Å². The van der Waals surface area contributed by atoms with Crippen LogP contribution in [-0.2, 0) is 0 Å². The zero-order valence-electron chi connectivity index (χ0n) is 19.8. The summed E-state index contributed by atoms with van der Waals surface area (Å²) in [5.74, 6) is 0.593.